The number of nitrogens with zero attached hydrogens (tertiary/aromatic N) is 1. The zero-order valence-corrected chi connectivity index (χ0v) is 11.1. The van der Waals surface area contributed by atoms with Gasteiger partial charge in [0.15, 0.2) is 11.6 Å². The van der Waals surface area contributed by atoms with Crippen molar-refractivity contribution >= 4 is 5.82 Å². The van der Waals surface area contributed by atoms with Gasteiger partial charge in [-0.05, 0) is 31.0 Å². The highest BCUT2D eigenvalue weighted by atomic mass is 19.1. The van der Waals surface area contributed by atoms with Crippen LogP contribution in [0.25, 0.3) is 0 Å². The van der Waals surface area contributed by atoms with Gasteiger partial charge >= 0.3 is 0 Å². The normalized spacial score (nSPS) is 10.3. The number of aromatic nitrogens is 1. The Hall–Kier alpha value is -2.10. The van der Waals surface area contributed by atoms with Crippen molar-refractivity contribution in [2.24, 2.45) is 0 Å². The Morgan fingerprint density at radius 3 is 2.95 bits per heavy atom. The number of benzene rings is 1. The Bertz CT molecular complexity index is 558. The van der Waals surface area contributed by atoms with E-state index in [-0.39, 0.29) is 11.6 Å². The quantitative estimate of drug-likeness (QED) is 0.877. The van der Waals surface area contributed by atoms with Crippen molar-refractivity contribution in [1.29, 1.82) is 0 Å². The lowest BCUT2D eigenvalue weighted by molar-refractivity contribution is 0.440. The second kappa shape index (κ2) is 6.18. The molecule has 19 heavy (non-hydrogen) atoms. The topological polar surface area (TPSA) is 34.1 Å². The number of aryl methyl sites for hydroxylation is 1. The van der Waals surface area contributed by atoms with Crippen molar-refractivity contribution in [3.05, 3.63) is 47.9 Å². The second-order valence-electron chi connectivity index (χ2n) is 4.29. The highest BCUT2D eigenvalue weighted by molar-refractivity contribution is 5.43. The van der Waals surface area contributed by atoms with Crippen molar-refractivity contribution in [2.45, 2.75) is 20.3 Å². The molecule has 0 bridgehead atoms. The predicted molar refractivity (Wildman–Crippen MR) is 74.2 cm³/mol. The predicted octanol–water partition coefficient (Wildman–Crippen LogP) is 4.14. The summed E-state index contributed by atoms with van der Waals surface area (Å²) in [4.78, 5) is 4.17. The molecule has 2 aromatic rings. The van der Waals surface area contributed by atoms with Gasteiger partial charge in [-0.1, -0.05) is 19.1 Å². The molecule has 0 radical (unpaired) electrons. The van der Waals surface area contributed by atoms with E-state index in [1.807, 2.05) is 0 Å². The molecule has 0 aliphatic carbocycles. The van der Waals surface area contributed by atoms with Gasteiger partial charge < -0.3 is 10.1 Å². The number of anilines is 1. The minimum Gasteiger partial charge on any atom is -0.454 e. The first-order chi connectivity index (χ1) is 9.20. The first kappa shape index (κ1) is 13.3. The molecule has 0 unspecified atom stereocenters. The lowest BCUT2D eigenvalue weighted by Crippen LogP contribution is -2.01. The summed E-state index contributed by atoms with van der Waals surface area (Å²) in [6, 6.07) is 8.56. The molecule has 0 saturated heterocycles. The maximum absolute atomic E-state index is 13.8. The average Bonchev–Trinajstić information content (AvgIpc) is 2.42. The van der Waals surface area contributed by atoms with Gasteiger partial charge in [0.25, 0.3) is 0 Å². The Morgan fingerprint density at radius 1 is 1.32 bits per heavy atom. The highest BCUT2D eigenvalue weighted by Crippen LogP contribution is 2.26. The van der Waals surface area contributed by atoms with Crippen LogP contribution in [0, 0.1) is 12.7 Å². The molecule has 0 aliphatic heterocycles. The third kappa shape index (κ3) is 3.44. The third-order valence-electron chi connectivity index (χ3n) is 2.67. The first-order valence-corrected chi connectivity index (χ1v) is 6.33. The van der Waals surface area contributed by atoms with E-state index in [0.717, 1.165) is 18.8 Å². The van der Waals surface area contributed by atoms with Gasteiger partial charge in [0.2, 0.25) is 0 Å². The highest BCUT2D eigenvalue weighted by Gasteiger charge is 2.07. The van der Waals surface area contributed by atoms with Gasteiger partial charge in [0, 0.05) is 18.8 Å². The van der Waals surface area contributed by atoms with Crippen LogP contribution in [0.15, 0.2) is 36.5 Å². The van der Waals surface area contributed by atoms with Crippen LogP contribution in [-0.2, 0) is 0 Å². The van der Waals surface area contributed by atoms with Crippen LogP contribution >= 0.6 is 0 Å². The number of nitrogens with one attached hydrogen (secondary N) is 1. The van der Waals surface area contributed by atoms with Crippen molar-refractivity contribution in [2.75, 3.05) is 11.9 Å². The fraction of sp³-hybridized carbons (Fsp3) is 0.267. The monoisotopic (exact) mass is 260 g/mol. The summed E-state index contributed by atoms with van der Waals surface area (Å²) in [6.45, 7) is 4.63. The van der Waals surface area contributed by atoms with Crippen molar-refractivity contribution < 1.29 is 9.13 Å². The Morgan fingerprint density at radius 2 is 2.16 bits per heavy atom. The number of hydrogen-bond acceptors (Lipinski definition) is 3. The number of pyridine rings is 1. The van der Waals surface area contributed by atoms with E-state index in [9.17, 15) is 4.39 Å². The zero-order chi connectivity index (χ0) is 13.7. The summed E-state index contributed by atoms with van der Waals surface area (Å²) in [5.74, 6) is 1.19. The zero-order valence-electron chi connectivity index (χ0n) is 11.1. The summed E-state index contributed by atoms with van der Waals surface area (Å²) in [7, 11) is 0. The van der Waals surface area contributed by atoms with Gasteiger partial charge in [0.1, 0.15) is 11.6 Å². The van der Waals surface area contributed by atoms with Crippen LogP contribution in [-0.4, -0.2) is 11.5 Å². The van der Waals surface area contributed by atoms with Gasteiger partial charge in [-0.15, -0.1) is 0 Å². The third-order valence-corrected chi connectivity index (χ3v) is 2.67. The van der Waals surface area contributed by atoms with Crippen LogP contribution < -0.4 is 10.1 Å². The van der Waals surface area contributed by atoms with E-state index >= 15 is 0 Å². The molecule has 0 saturated carbocycles. The molecular formula is C15H17FN2O. The SMILES string of the molecule is CCCNc1cc(Oc2cccc(C)c2F)ccn1. The molecule has 100 valence electrons. The maximum atomic E-state index is 13.8. The molecule has 4 heteroatoms. The van der Waals surface area contributed by atoms with Gasteiger partial charge in [-0.3, -0.25) is 0 Å². The number of ether oxygens (including phenoxy) is 1. The Labute approximate surface area is 112 Å². The van der Waals surface area contributed by atoms with Crippen LogP contribution in [0.3, 0.4) is 0 Å². The fourth-order valence-electron chi connectivity index (χ4n) is 1.65. The Kier molecular flexibility index (Phi) is 4.34. The summed E-state index contributed by atoms with van der Waals surface area (Å²) in [6.07, 6.45) is 2.65. The second-order valence-corrected chi connectivity index (χ2v) is 4.29. The van der Waals surface area contributed by atoms with Crippen LogP contribution in [0.1, 0.15) is 18.9 Å². The van der Waals surface area contributed by atoms with Crippen LogP contribution in [0.5, 0.6) is 11.5 Å². The smallest absolute Gasteiger partial charge is 0.168 e. The van der Waals surface area contributed by atoms with E-state index in [1.54, 1.807) is 43.5 Å². The number of hydrogen-bond donors (Lipinski definition) is 1. The molecule has 2 rings (SSSR count). The summed E-state index contributed by atoms with van der Waals surface area (Å²) in [5, 5.41) is 3.16. The van der Waals surface area contributed by atoms with E-state index < -0.39 is 0 Å². The van der Waals surface area contributed by atoms with E-state index in [4.69, 9.17) is 4.74 Å². The summed E-state index contributed by atoms with van der Waals surface area (Å²) < 4.78 is 19.4. The molecule has 0 spiro atoms. The molecule has 0 atom stereocenters. The van der Waals surface area contributed by atoms with Gasteiger partial charge in [-0.2, -0.15) is 0 Å². The van der Waals surface area contributed by atoms with Crippen LogP contribution in [0.2, 0.25) is 0 Å². The molecule has 0 fully saturated rings. The van der Waals surface area contributed by atoms with E-state index in [2.05, 4.69) is 17.2 Å². The molecule has 1 N–H and O–H groups in total. The maximum Gasteiger partial charge on any atom is 0.168 e. The molecule has 1 aromatic heterocycles. The molecule has 1 heterocycles. The van der Waals surface area contributed by atoms with Gasteiger partial charge in [0.05, 0.1) is 0 Å². The molecule has 3 nitrogen and oxygen atoms in total. The lowest BCUT2D eigenvalue weighted by Gasteiger charge is -2.09. The first-order valence-electron chi connectivity index (χ1n) is 6.33. The minimum absolute atomic E-state index is 0.229. The largest absolute Gasteiger partial charge is 0.454 e. The molecule has 0 amide bonds. The molecule has 1 aromatic carbocycles. The fourth-order valence-corrected chi connectivity index (χ4v) is 1.65. The average molecular weight is 260 g/mol. The lowest BCUT2D eigenvalue weighted by atomic mass is 10.2. The van der Waals surface area contributed by atoms with Crippen molar-refractivity contribution in [3.8, 4) is 11.5 Å². The van der Waals surface area contributed by atoms with Crippen molar-refractivity contribution in [3.63, 3.8) is 0 Å². The summed E-state index contributed by atoms with van der Waals surface area (Å²) >= 11 is 0. The number of halogens is 1. The van der Waals surface area contributed by atoms with Crippen molar-refractivity contribution in [1.82, 2.24) is 4.98 Å². The van der Waals surface area contributed by atoms with E-state index in [1.165, 1.54) is 0 Å². The van der Waals surface area contributed by atoms with E-state index in [0.29, 0.717) is 11.3 Å². The molecular weight excluding hydrogens is 243 g/mol. The standard InChI is InChI=1S/C15H17FN2O/c1-3-8-17-14-10-12(7-9-18-14)19-13-6-4-5-11(2)15(13)16/h4-7,9-10H,3,8H2,1-2H3,(H,17,18). The Balaban J connectivity index is 2.16. The minimum atomic E-state index is -0.331. The molecule has 0 aliphatic rings. The van der Waals surface area contributed by atoms with Crippen LogP contribution in [0.4, 0.5) is 10.2 Å². The number of rotatable bonds is 5. The van der Waals surface area contributed by atoms with Gasteiger partial charge in [-0.25, -0.2) is 9.37 Å². The summed E-state index contributed by atoms with van der Waals surface area (Å²) in [5.41, 5.74) is 0.566.